The van der Waals surface area contributed by atoms with Crippen molar-refractivity contribution in [1.29, 1.82) is 0 Å². The van der Waals surface area contributed by atoms with Gasteiger partial charge in [0.2, 0.25) is 23.5 Å². The Kier molecular flexibility index (Phi) is 4.98. The van der Waals surface area contributed by atoms with E-state index in [9.17, 15) is 9.18 Å². The molecule has 142 valence electrons. The van der Waals surface area contributed by atoms with Crippen LogP contribution in [0.4, 0.5) is 4.39 Å². The van der Waals surface area contributed by atoms with E-state index < -0.39 is 0 Å². The molecule has 0 bridgehead atoms. The first-order chi connectivity index (χ1) is 13.6. The fourth-order valence-corrected chi connectivity index (χ4v) is 3.21. The second-order valence-electron chi connectivity index (χ2n) is 5.97. The Morgan fingerprint density at radius 3 is 2.93 bits per heavy atom. The van der Waals surface area contributed by atoms with E-state index in [-0.39, 0.29) is 30.6 Å². The van der Waals surface area contributed by atoms with Gasteiger partial charge in [-0.15, -0.1) is 11.3 Å². The molecule has 28 heavy (non-hydrogen) atoms. The first-order valence-electron chi connectivity index (χ1n) is 8.44. The van der Waals surface area contributed by atoms with Gasteiger partial charge < -0.3 is 14.3 Å². The third-order valence-corrected chi connectivity index (χ3v) is 4.80. The number of aromatic nitrogens is 3. The minimum Gasteiger partial charge on any atom is -0.441 e. The molecule has 1 amide bonds. The predicted molar refractivity (Wildman–Crippen MR) is 99.8 cm³/mol. The van der Waals surface area contributed by atoms with Crippen molar-refractivity contribution in [2.45, 2.75) is 19.9 Å². The number of thiophene rings is 1. The third kappa shape index (κ3) is 3.99. The lowest BCUT2D eigenvalue weighted by Gasteiger charge is -2.00. The Morgan fingerprint density at radius 1 is 1.25 bits per heavy atom. The number of carbonyl (C=O) groups is 1. The molecule has 7 nitrogen and oxygen atoms in total. The van der Waals surface area contributed by atoms with Crippen molar-refractivity contribution in [2.75, 3.05) is 0 Å². The van der Waals surface area contributed by atoms with E-state index in [2.05, 4.69) is 20.4 Å². The van der Waals surface area contributed by atoms with Crippen LogP contribution in [0.2, 0.25) is 0 Å². The molecule has 0 unspecified atom stereocenters. The summed E-state index contributed by atoms with van der Waals surface area (Å²) >= 11 is 1.50. The topological polar surface area (TPSA) is 94.1 Å². The SMILES string of the molecule is Cc1oc(-c2cccc(F)c2)nc1CC(=O)NCc1nc(-c2cccs2)no1. The van der Waals surface area contributed by atoms with Gasteiger partial charge >= 0.3 is 0 Å². The number of nitrogens with one attached hydrogen (secondary N) is 1. The van der Waals surface area contributed by atoms with Crippen LogP contribution in [-0.4, -0.2) is 21.0 Å². The van der Waals surface area contributed by atoms with Gasteiger partial charge in [-0.25, -0.2) is 9.37 Å². The van der Waals surface area contributed by atoms with Gasteiger partial charge in [0.05, 0.1) is 23.5 Å². The van der Waals surface area contributed by atoms with Crippen molar-refractivity contribution in [3.8, 4) is 22.2 Å². The maximum Gasteiger partial charge on any atom is 0.246 e. The fourth-order valence-electron chi connectivity index (χ4n) is 2.56. The number of nitrogens with zero attached hydrogens (tertiary/aromatic N) is 3. The number of carbonyl (C=O) groups excluding carboxylic acids is 1. The lowest BCUT2D eigenvalue weighted by molar-refractivity contribution is -0.120. The normalized spacial score (nSPS) is 10.9. The van der Waals surface area contributed by atoms with E-state index in [1.807, 2.05) is 17.5 Å². The second kappa shape index (κ2) is 7.73. The molecule has 1 aromatic carbocycles. The monoisotopic (exact) mass is 398 g/mol. The summed E-state index contributed by atoms with van der Waals surface area (Å²) in [6.45, 7) is 1.83. The lowest BCUT2D eigenvalue weighted by Crippen LogP contribution is -2.25. The molecular weight excluding hydrogens is 383 g/mol. The van der Waals surface area contributed by atoms with Crippen LogP contribution in [0, 0.1) is 12.7 Å². The molecular formula is C19H15FN4O3S. The summed E-state index contributed by atoms with van der Waals surface area (Å²) in [7, 11) is 0. The number of oxazole rings is 1. The molecule has 1 N–H and O–H groups in total. The molecule has 0 spiro atoms. The van der Waals surface area contributed by atoms with Crippen LogP contribution in [0.15, 0.2) is 50.7 Å². The van der Waals surface area contributed by atoms with Crippen molar-refractivity contribution >= 4 is 17.2 Å². The van der Waals surface area contributed by atoms with Crippen LogP contribution < -0.4 is 5.32 Å². The van der Waals surface area contributed by atoms with Crippen molar-refractivity contribution in [3.63, 3.8) is 0 Å². The minimum absolute atomic E-state index is 0.0244. The zero-order chi connectivity index (χ0) is 19.5. The zero-order valence-electron chi connectivity index (χ0n) is 14.8. The van der Waals surface area contributed by atoms with Crippen LogP contribution in [0.3, 0.4) is 0 Å². The molecule has 0 saturated heterocycles. The Morgan fingerprint density at radius 2 is 2.14 bits per heavy atom. The Labute approximate surface area is 163 Å². The molecule has 4 aromatic rings. The molecule has 0 radical (unpaired) electrons. The standard InChI is InChI=1S/C19H15FN4O3S/c1-11-14(22-19(26-11)12-4-2-5-13(20)8-12)9-16(25)21-10-17-23-18(24-27-17)15-6-3-7-28-15/h2-8H,9-10H2,1H3,(H,21,25). The summed E-state index contributed by atoms with van der Waals surface area (Å²) in [6.07, 6.45) is 0.0244. The Balaban J connectivity index is 1.38. The van der Waals surface area contributed by atoms with Gasteiger partial charge in [-0.05, 0) is 36.6 Å². The number of benzene rings is 1. The van der Waals surface area contributed by atoms with Crippen LogP contribution in [-0.2, 0) is 17.8 Å². The van der Waals surface area contributed by atoms with Gasteiger partial charge in [0.15, 0.2) is 0 Å². The smallest absolute Gasteiger partial charge is 0.246 e. The summed E-state index contributed by atoms with van der Waals surface area (Å²) in [6, 6.07) is 9.73. The van der Waals surface area contributed by atoms with E-state index in [1.54, 1.807) is 19.1 Å². The maximum atomic E-state index is 13.4. The third-order valence-electron chi connectivity index (χ3n) is 3.94. The highest BCUT2D eigenvalue weighted by atomic mass is 32.1. The van der Waals surface area contributed by atoms with E-state index in [0.29, 0.717) is 28.7 Å². The number of rotatable bonds is 6. The second-order valence-corrected chi connectivity index (χ2v) is 6.92. The number of aryl methyl sites for hydroxylation is 1. The van der Waals surface area contributed by atoms with Crippen molar-refractivity contribution in [3.05, 3.63) is 64.9 Å². The average molecular weight is 398 g/mol. The van der Waals surface area contributed by atoms with Gasteiger partial charge in [0.25, 0.3) is 0 Å². The number of hydrogen-bond donors (Lipinski definition) is 1. The molecule has 4 rings (SSSR count). The number of halogens is 1. The van der Waals surface area contributed by atoms with Gasteiger partial charge in [-0.1, -0.05) is 17.3 Å². The lowest BCUT2D eigenvalue weighted by atomic mass is 10.2. The van der Waals surface area contributed by atoms with Crippen molar-refractivity contribution in [1.82, 2.24) is 20.4 Å². The summed E-state index contributed by atoms with van der Waals surface area (Å²) < 4.78 is 24.1. The van der Waals surface area contributed by atoms with Crippen LogP contribution in [0.5, 0.6) is 0 Å². The maximum absolute atomic E-state index is 13.4. The molecule has 3 heterocycles. The highest BCUT2D eigenvalue weighted by molar-refractivity contribution is 7.13. The average Bonchev–Trinajstić information content (AvgIpc) is 3.41. The van der Waals surface area contributed by atoms with Crippen LogP contribution >= 0.6 is 11.3 Å². The van der Waals surface area contributed by atoms with Crippen molar-refractivity contribution in [2.24, 2.45) is 0 Å². The van der Waals surface area contributed by atoms with E-state index in [0.717, 1.165) is 4.88 Å². The summed E-state index contributed by atoms with van der Waals surface area (Å²) in [5.74, 6) is 0.942. The van der Waals surface area contributed by atoms with Gasteiger partial charge in [0, 0.05) is 5.56 Å². The summed E-state index contributed by atoms with van der Waals surface area (Å²) in [5.41, 5.74) is 1.00. The molecule has 9 heteroatoms. The quantitative estimate of drug-likeness (QED) is 0.531. The highest BCUT2D eigenvalue weighted by Gasteiger charge is 2.16. The Hall–Kier alpha value is -3.33. The predicted octanol–water partition coefficient (Wildman–Crippen LogP) is 3.76. The van der Waals surface area contributed by atoms with Crippen LogP contribution in [0.1, 0.15) is 17.3 Å². The molecule has 0 saturated carbocycles. The number of hydrogen-bond acceptors (Lipinski definition) is 7. The summed E-state index contributed by atoms with van der Waals surface area (Å²) in [4.78, 5) is 21.7. The molecule has 0 fully saturated rings. The number of amides is 1. The molecule has 0 aliphatic rings. The largest absolute Gasteiger partial charge is 0.441 e. The van der Waals surface area contributed by atoms with E-state index in [4.69, 9.17) is 8.94 Å². The highest BCUT2D eigenvalue weighted by Crippen LogP contribution is 2.23. The molecule has 3 aromatic heterocycles. The summed E-state index contributed by atoms with van der Waals surface area (Å²) in [5, 5.41) is 8.53. The van der Waals surface area contributed by atoms with Crippen LogP contribution in [0.25, 0.3) is 22.2 Å². The van der Waals surface area contributed by atoms with Crippen molar-refractivity contribution < 1.29 is 18.1 Å². The minimum atomic E-state index is -0.380. The molecule has 0 aliphatic heterocycles. The zero-order valence-corrected chi connectivity index (χ0v) is 15.6. The first kappa shape index (κ1) is 18.1. The fraction of sp³-hybridized carbons (Fsp3) is 0.158. The van der Waals surface area contributed by atoms with Gasteiger partial charge in [0.1, 0.15) is 11.6 Å². The first-order valence-corrected chi connectivity index (χ1v) is 9.32. The van der Waals surface area contributed by atoms with E-state index >= 15 is 0 Å². The Bertz CT molecular complexity index is 1100. The van der Waals surface area contributed by atoms with Gasteiger partial charge in [-0.2, -0.15) is 4.98 Å². The van der Waals surface area contributed by atoms with Gasteiger partial charge in [-0.3, -0.25) is 4.79 Å². The van der Waals surface area contributed by atoms with E-state index in [1.165, 1.54) is 23.5 Å². The molecule has 0 aliphatic carbocycles. The molecule has 0 atom stereocenters.